The van der Waals surface area contributed by atoms with Crippen LogP contribution in [0.5, 0.6) is 0 Å². The first kappa shape index (κ1) is 33.6. The highest BCUT2D eigenvalue weighted by molar-refractivity contribution is 7.90. The van der Waals surface area contributed by atoms with Crippen LogP contribution in [0.2, 0.25) is 0 Å². The Bertz CT molecular complexity index is 1220. The summed E-state index contributed by atoms with van der Waals surface area (Å²) in [5, 5.41) is 13.8. The van der Waals surface area contributed by atoms with Crippen LogP contribution in [0.4, 0.5) is 4.79 Å². The van der Waals surface area contributed by atoms with E-state index in [0.29, 0.717) is 25.9 Å². The van der Waals surface area contributed by atoms with Crippen LogP contribution in [0.15, 0.2) is 41.6 Å². The normalized spacial score (nSPS) is 14.2. The fraction of sp³-hybridized carbons (Fsp3) is 0.519. The van der Waals surface area contributed by atoms with Crippen molar-refractivity contribution in [1.82, 2.24) is 25.3 Å². The van der Waals surface area contributed by atoms with E-state index in [4.69, 9.17) is 16.6 Å². The minimum atomic E-state index is -3.95. The van der Waals surface area contributed by atoms with Crippen LogP contribution in [0, 0.1) is 6.92 Å². The Morgan fingerprint density at radius 3 is 2.32 bits per heavy atom. The number of carbonyl (C=O) groups is 3. The fourth-order valence-corrected chi connectivity index (χ4v) is 4.95. The maximum Gasteiger partial charge on any atom is 0.328 e. The van der Waals surface area contributed by atoms with Crippen LogP contribution >= 0.6 is 0 Å². The van der Waals surface area contributed by atoms with Gasteiger partial charge in [0.05, 0.1) is 16.8 Å². The number of hydrogen-bond donors (Lipinski definition) is 6. The molecule has 0 saturated heterocycles. The number of nitrogens with zero attached hydrogens (tertiary/aromatic N) is 2. The van der Waals surface area contributed by atoms with E-state index in [0.717, 1.165) is 56.2 Å². The van der Waals surface area contributed by atoms with Gasteiger partial charge in [-0.25, -0.2) is 22.9 Å². The van der Waals surface area contributed by atoms with E-state index in [1.807, 2.05) is 0 Å². The van der Waals surface area contributed by atoms with Gasteiger partial charge in [0.15, 0.2) is 0 Å². The second-order valence-electron chi connectivity index (χ2n) is 9.84. The number of aromatic nitrogens is 2. The van der Waals surface area contributed by atoms with E-state index in [2.05, 4.69) is 25.3 Å². The summed E-state index contributed by atoms with van der Waals surface area (Å²) >= 11 is 0. The van der Waals surface area contributed by atoms with Crippen molar-refractivity contribution in [2.24, 2.45) is 11.5 Å². The standard InChI is InChI=1S/C21H27N5O4S.C6H14N2O2/c1-15-13-24-19(14-23-15)20(27)22-12-11-16-7-9-18(10-8-16)31(29,30)26-21(28)25-17-5-3-2-4-6-17;7-4-2-1-3-5(8)6(9)10/h7-10,13-14,17H,2-6,11-12H2,1H3,(H,22,27)(H2,25,26,28);5H,1-4,7-8H2,(H,9,10). The lowest BCUT2D eigenvalue weighted by molar-refractivity contribution is -0.138. The van der Waals surface area contributed by atoms with E-state index in [1.165, 1.54) is 24.5 Å². The predicted octanol–water partition coefficient (Wildman–Crippen LogP) is 1.61. The number of nitrogens with one attached hydrogen (secondary N) is 3. The maximum atomic E-state index is 12.4. The topological polar surface area (TPSA) is 219 Å². The van der Waals surface area contributed by atoms with Crippen molar-refractivity contribution in [2.75, 3.05) is 13.1 Å². The Balaban J connectivity index is 0.000000503. The molecule has 1 unspecified atom stereocenters. The second kappa shape index (κ2) is 17.3. The number of urea groups is 1. The van der Waals surface area contributed by atoms with Gasteiger partial charge in [-0.3, -0.25) is 14.6 Å². The van der Waals surface area contributed by atoms with E-state index >= 15 is 0 Å². The molecular weight excluding hydrogens is 550 g/mol. The number of carbonyl (C=O) groups excluding carboxylic acids is 2. The zero-order valence-corrected chi connectivity index (χ0v) is 24.2. The fourth-order valence-electron chi connectivity index (χ4n) is 4.03. The molecule has 0 bridgehead atoms. The van der Waals surface area contributed by atoms with Gasteiger partial charge >= 0.3 is 12.0 Å². The van der Waals surface area contributed by atoms with Crippen molar-refractivity contribution in [3.05, 3.63) is 53.6 Å². The highest BCUT2D eigenvalue weighted by atomic mass is 32.2. The number of aryl methyl sites for hydroxylation is 1. The van der Waals surface area contributed by atoms with E-state index in [-0.39, 0.29) is 22.5 Å². The molecule has 41 heavy (non-hydrogen) atoms. The summed E-state index contributed by atoms with van der Waals surface area (Å²) in [6.45, 7) is 2.76. The number of aliphatic carboxylic acids is 1. The molecule has 2 aromatic rings. The number of carboxylic acids is 1. The summed E-state index contributed by atoms with van der Waals surface area (Å²) in [5.74, 6) is -1.25. The third-order valence-corrected chi connectivity index (χ3v) is 7.75. The number of benzene rings is 1. The van der Waals surface area contributed by atoms with Crippen molar-refractivity contribution >= 4 is 27.9 Å². The van der Waals surface area contributed by atoms with Crippen LogP contribution in [0.25, 0.3) is 0 Å². The average Bonchev–Trinajstić information content (AvgIpc) is 2.94. The summed E-state index contributed by atoms with van der Waals surface area (Å²) in [6, 6.07) is 4.81. The number of rotatable bonds is 12. The largest absolute Gasteiger partial charge is 0.480 e. The molecule has 1 heterocycles. The van der Waals surface area contributed by atoms with Gasteiger partial charge in [-0.1, -0.05) is 37.8 Å². The number of carboxylic acid groups (broad SMARTS) is 1. The molecule has 3 amide bonds. The SMILES string of the molecule is Cc1cnc(C(=O)NCCc2ccc(S(=O)(=O)NC(=O)NC3CCCCC3)cc2)cn1.NCCCCC(N)C(=O)O. The minimum absolute atomic E-state index is 0.00834. The molecular formula is C27H41N7O6S. The van der Waals surface area contributed by atoms with Gasteiger partial charge < -0.3 is 27.2 Å². The Hall–Kier alpha value is -3.62. The minimum Gasteiger partial charge on any atom is -0.480 e. The van der Waals surface area contributed by atoms with Crippen LogP contribution in [0.3, 0.4) is 0 Å². The zero-order chi connectivity index (χ0) is 30.3. The lowest BCUT2D eigenvalue weighted by atomic mass is 9.96. The molecule has 0 spiro atoms. The number of amides is 3. The van der Waals surface area contributed by atoms with E-state index in [9.17, 15) is 22.8 Å². The van der Waals surface area contributed by atoms with Gasteiger partial charge in [-0.2, -0.15) is 0 Å². The Morgan fingerprint density at radius 2 is 1.73 bits per heavy atom. The number of hydrogen-bond acceptors (Lipinski definition) is 9. The van der Waals surface area contributed by atoms with Gasteiger partial charge in [0.2, 0.25) is 0 Å². The third kappa shape index (κ3) is 12.6. The Kier molecular flexibility index (Phi) is 14.1. The Morgan fingerprint density at radius 1 is 1.05 bits per heavy atom. The summed E-state index contributed by atoms with van der Waals surface area (Å²) in [4.78, 5) is 42.3. The molecule has 3 rings (SSSR count). The predicted molar refractivity (Wildman–Crippen MR) is 153 cm³/mol. The molecule has 0 aliphatic heterocycles. The first-order chi connectivity index (χ1) is 19.5. The highest BCUT2D eigenvalue weighted by Crippen LogP contribution is 2.17. The molecule has 1 aromatic heterocycles. The molecule has 14 heteroatoms. The monoisotopic (exact) mass is 591 g/mol. The van der Waals surface area contributed by atoms with E-state index < -0.39 is 28.1 Å². The summed E-state index contributed by atoms with van der Waals surface area (Å²) < 4.78 is 26.9. The first-order valence-corrected chi connectivity index (χ1v) is 15.2. The number of sulfonamides is 1. The van der Waals surface area contributed by atoms with Crippen molar-refractivity contribution in [1.29, 1.82) is 0 Å². The molecule has 13 nitrogen and oxygen atoms in total. The zero-order valence-electron chi connectivity index (χ0n) is 23.3. The summed E-state index contributed by atoms with van der Waals surface area (Å²) in [7, 11) is -3.95. The van der Waals surface area contributed by atoms with Crippen molar-refractivity contribution < 1.29 is 27.9 Å². The molecule has 1 saturated carbocycles. The van der Waals surface area contributed by atoms with Crippen molar-refractivity contribution in [3.63, 3.8) is 0 Å². The summed E-state index contributed by atoms with van der Waals surface area (Å²) in [5.41, 5.74) is 12.2. The molecule has 1 aliphatic rings. The number of unbranched alkanes of at least 4 members (excludes halogenated alkanes) is 1. The first-order valence-electron chi connectivity index (χ1n) is 13.7. The van der Waals surface area contributed by atoms with Gasteiger partial charge in [0, 0.05) is 18.8 Å². The highest BCUT2D eigenvalue weighted by Gasteiger charge is 2.21. The van der Waals surface area contributed by atoms with Crippen molar-refractivity contribution in [3.8, 4) is 0 Å². The molecule has 1 aromatic carbocycles. The maximum absolute atomic E-state index is 12.4. The average molecular weight is 592 g/mol. The van der Waals surface area contributed by atoms with Crippen LogP contribution in [-0.4, -0.2) is 66.6 Å². The van der Waals surface area contributed by atoms with Gasteiger partial charge in [-0.05, 0) is 63.3 Å². The molecule has 1 atom stereocenters. The molecule has 226 valence electrons. The van der Waals surface area contributed by atoms with Gasteiger partial charge in [0.1, 0.15) is 11.7 Å². The van der Waals surface area contributed by atoms with Crippen LogP contribution < -0.4 is 26.8 Å². The Labute approximate surface area is 241 Å². The van der Waals surface area contributed by atoms with E-state index in [1.54, 1.807) is 19.1 Å². The van der Waals surface area contributed by atoms with Crippen LogP contribution in [-0.2, 0) is 21.2 Å². The smallest absolute Gasteiger partial charge is 0.328 e. The molecule has 1 aliphatic carbocycles. The quantitative estimate of drug-likeness (QED) is 0.196. The van der Waals surface area contributed by atoms with Crippen LogP contribution in [0.1, 0.15) is 73.1 Å². The molecule has 0 radical (unpaired) electrons. The van der Waals surface area contributed by atoms with Crippen molar-refractivity contribution in [2.45, 2.75) is 81.7 Å². The second-order valence-corrected chi connectivity index (χ2v) is 11.5. The lowest BCUT2D eigenvalue weighted by Crippen LogP contribution is -2.45. The summed E-state index contributed by atoms with van der Waals surface area (Å²) in [6.07, 6.45) is 10.6. The van der Waals surface area contributed by atoms with Gasteiger partial charge in [0.25, 0.3) is 15.9 Å². The molecule has 8 N–H and O–H groups in total. The lowest BCUT2D eigenvalue weighted by Gasteiger charge is -2.22. The van der Waals surface area contributed by atoms with Gasteiger partial charge in [-0.15, -0.1) is 0 Å². The number of nitrogens with two attached hydrogens (primary N) is 2. The third-order valence-electron chi connectivity index (χ3n) is 6.40. The molecule has 1 fully saturated rings.